The largest absolute Gasteiger partial charge is 0.497 e. The predicted molar refractivity (Wildman–Crippen MR) is 92.0 cm³/mol. The van der Waals surface area contributed by atoms with Crippen LogP contribution in [0.2, 0.25) is 0 Å². The van der Waals surface area contributed by atoms with E-state index in [9.17, 15) is 9.59 Å². The molecular formula is C18H24N2O5. The molecular weight excluding hydrogens is 324 g/mol. The molecule has 2 heterocycles. The topological polar surface area (TPSA) is 77.1 Å². The number of anilines is 1. The van der Waals surface area contributed by atoms with Crippen LogP contribution in [0.5, 0.6) is 11.5 Å². The van der Waals surface area contributed by atoms with Crippen LogP contribution in [0.25, 0.3) is 0 Å². The highest BCUT2D eigenvalue weighted by atomic mass is 16.5. The third-order valence-electron chi connectivity index (χ3n) is 4.70. The van der Waals surface area contributed by atoms with Gasteiger partial charge in [0, 0.05) is 32.2 Å². The van der Waals surface area contributed by atoms with Gasteiger partial charge in [0.25, 0.3) is 0 Å². The van der Waals surface area contributed by atoms with Crippen molar-refractivity contribution < 1.29 is 23.8 Å². The molecule has 2 amide bonds. The van der Waals surface area contributed by atoms with Gasteiger partial charge in [-0.25, -0.2) is 0 Å². The predicted octanol–water partition coefficient (Wildman–Crippen LogP) is 1.35. The first-order valence-electron chi connectivity index (χ1n) is 8.54. The molecule has 0 unspecified atom stereocenters. The maximum Gasteiger partial charge on any atom is 0.227 e. The van der Waals surface area contributed by atoms with Gasteiger partial charge in [-0.2, -0.15) is 0 Å². The molecule has 0 radical (unpaired) electrons. The van der Waals surface area contributed by atoms with E-state index in [1.807, 2.05) is 0 Å². The SMILES string of the molecule is COc1ccc(N2C[C@@H](C(=O)NC[C@H]3CCCO3)CC2=O)c(OC)c1. The van der Waals surface area contributed by atoms with E-state index in [1.54, 1.807) is 37.3 Å². The van der Waals surface area contributed by atoms with Crippen molar-refractivity contribution in [2.24, 2.45) is 5.92 Å². The summed E-state index contributed by atoms with van der Waals surface area (Å²) in [5.74, 6) is 0.659. The number of nitrogens with one attached hydrogen (secondary N) is 1. The van der Waals surface area contributed by atoms with Crippen molar-refractivity contribution in [1.29, 1.82) is 0 Å². The van der Waals surface area contributed by atoms with Crippen LogP contribution in [-0.2, 0) is 14.3 Å². The van der Waals surface area contributed by atoms with Gasteiger partial charge >= 0.3 is 0 Å². The maximum absolute atomic E-state index is 12.4. The highest BCUT2D eigenvalue weighted by Gasteiger charge is 2.36. The quantitative estimate of drug-likeness (QED) is 0.840. The lowest BCUT2D eigenvalue weighted by Crippen LogP contribution is -2.37. The summed E-state index contributed by atoms with van der Waals surface area (Å²) in [6.07, 6.45) is 2.30. The molecule has 2 fully saturated rings. The zero-order chi connectivity index (χ0) is 17.8. The summed E-state index contributed by atoms with van der Waals surface area (Å²) in [7, 11) is 3.12. The summed E-state index contributed by atoms with van der Waals surface area (Å²) in [6.45, 7) is 1.61. The molecule has 136 valence electrons. The molecule has 3 rings (SSSR count). The smallest absolute Gasteiger partial charge is 0.227 e. The van der Waals surface area contributed by atoms with Crippen molar-refractivity contribution in [3.8, 4) is 11.5 Å². The number of ether oxygens (including phenoxy) is 3. The van der Waals surface area contributed by atoms with E-state index in [2.05, 4.69) is 5.32 Å². The van der Waals surface area contributed by atoms with Crippen molar-refractivity contribution in [2.75, 3.05) is 38.8 Å². The minimum atomic E-state index is -0.360. The Labute approximate surface area is 147 Å². The van der Waals surface area contributed by atoms with Crippen molar-refractivity contribution in [3.63, 3.8) is 0 Å². The lowest BCUT2D eigenvalue weighted by molar-refractivity contribution is -0.126. The molecule has 0 saturated carbocycles. The van der Waals surface area contributed by atoms with Gasteiger partial charge in [-0.05, 0) is 25.0 Å². The first kappa shape index (κ1) is 17.5. The molecule has 7 heteroatoms. The van der Waals surface area contributed by atoms with Crippen LogP contribution < -0.4 is 19.7 Å². The Morgan fingerprint density at radius 3 is 2.88 bits per heavy atom. The molecule has 2 atom stereocenters. The van der Waals surface area contributed by atoms with Crippen LogP contribution in [0, 0.1) is 5.92 Å². The molecule has 1 N–H and O–H groups in total. The number of hydrogen-bond acceptors (Lipinski definition) is 5. The van der Waals surface area contributed by atoms with Crippen molar-refractivity contribution in [2.45, 2.75) is 25.4 Å². The Bertz CT molecular complexity index is 642. The standard InChI is InChI=1S/C18H24N2O5/c1-23-13-5-6-15(16(9-13)24-2)20-11-12(8-17(20)21)18(22)19-10-14-4-3-7-25-14/h5-6,9,12,14H,3-4,7-8,10-11H2,1-2H3,(H,19,22)/t12-,14+/m0/s1. The van der Waals surface area contributed by atoms with E-state index in [-0.39, 0.29) is 30.3 Å². The molecule has 1 aromatic rings. The Morgan fingerprint density at radius 1 is 1.36 bits per heavy atom. The fraction of sp³-hybridized carbons (Fsp3) is 0.556. The number of carbonyl (C=O) groups excluding carboxylic acids is 2. The number of hydrogen-bond donors (Lipinski definition) is 1. The molecule has 2 aliphatic heterocycles. The number of carbonyl (C=O) groups is 2. The summed E-state index contributed by atoms with van der Waals surface area (Å²) in [5, 5.41) is 2.91. The second-order valence-electron chi connectivity index (χ2n) is 6.32. The molecule has 0 aromatic heterocycles. The third kappa shape index (κ3) is 3.87. The minimum Gasteiger partial charge on any atom is -0.497 e. The van der Waals surface area contributed by atoms with Gasteiger partial charge in [0.15, 0.2) is 0 Å². The summed E-state index contributed by atoms with van der Waals surface area (Å²) >= 11 is 0. The first-order chi connectivity index (χ1) is 12.1. The van der Waals surface area contributed by atoms with Crippen LogP contribution in [-0.4, -0.2) is 51.8 Å². The Kier molecular flexibility index (Phi) is 5.43. The van der Waals surface area contributed by atoms with Gasteiger partial charge in [-0.1, -0.05) is 0 Å². The maximum atomic E-state index is 12.4. The van der Waals surface area contributed by atoms with E-state index in [0.29, 0.717) is 30.3 Å². The van der Waals surface area contributed by atoms with Gasteiger partial charge in [0.1, 0.15) is 11.5 Å². The second-order valence-corrected chi connectivity index (χ2v) is 6.32. The average molecular weight is 348 g/mol. The van der Waals surface area contributed by atoms with E-state index < -0.39 is 0 Å². The molecule has 7 nitrogen and oxygen atoms in total. The first-order valence-corrected chi connectivity index (χ1v) is 8.54. The van der Waals surface area contributed by atoms with Crippen LogP contribution in [0.1, 0.15) is 19.3 Å². The van der Waals surface area contributed by atoms with Gasteiger partial charge in [0.2, 0.25) is 11.8 Å². The highest BCUT2D eigenvalue weighted by Crippen LogP contribution is 2.35. The monoisotopic (exact) mass is 348 g/mol. The third-order valence-corrected chi connectivity index (χ3v) is 4.70. The van der Waals surface area contributed by atoms with Crippen molar-refractivity contribution in [1.82, 2.24) is 5.32 Å². The summed E-state index contributed by atoms with van der Waals surface area (Å²) in [4.78, 5) is 26.4. The van der Waals surface area contributed by atoms with Crippen molar-refractivity contribution >= 4 is 17.5 Å². The van der Waals surface area contributed by atoms with Gasteiger partial charge in [-0.3, -0.25) is 9.59 Å². The van der Waals surface area contributed by atoms with E-state index in [4.69, 9.17) is 14.2 Å². The summed E-state index contributed by atoms with van der Waals surface area (Å²) in [5.41, 5.74) is 0.655. The molecule has 2 saturated heterocycles. The minimum absolute atomic E-state index is 0.0827. The lowest BCUT2D eigenvalue weighted by Gasteiger charge is -2.20. The normalized spacial score (nSPS) is 23.0. The van der Waals surface area contributed by atoms with Gasteiger partial charge in [0.05, 0.1) is 31.9 Å². The van der Waals surface area contributed by atoms with E-state index in [1.165, 1.54) is 0 Å². The number of methoxy groups -OCH3 is 2. The Balaban J connectivity index is 1.64. The zero-order valence-corrected chi connectivity index (χ0v) is 14.6. The van der Waals surface area contributed by atoms with Crippen LogP contribution in [0.3, 0.4) is 0 Å². The fourth-order valence-electron chi connectivity index (χ4n) is 3.29. The molecule has 2 aliphatic rings. The van der Waals surface area contributed by atoms with E-state index in [0.717, 1.165) is 19.4 Å². The van der Waals surface area contributed by atoms with Crippen LogP contribution in [0.15, 0.2) is 18.2 Å². The highest BCUT2D eigenvalue weighted by molar-refractivity contribution is 6.01. The zero-order valence-electron chi connectivity index (χ0n) is 14.6. The number of nitrogens with zero attached hydrogens (tertiary/aromatic N) is 1. The Morgan fingerprint density at radius 2 is 2.20 bits per heavy atom. The lowest BCUT2D eigenvalue weighted by atomic mass is 10.1. The molecule has 1 aromatic carbocycles. The number of rotatable bonds is 6. The fourth-order valence-corrected chi connectivity index (χ4v) is 3.29. The van der Waals surface area contributed by atoms with Gasteiger partial charge in [-0.15, -0.1) is 0 Å². The molecule has 25 heavy (non-hydrogen) atoms. The van der Waals surface area contributed by atoms with Crippen molar-refractivity contribution in [3.05, 3.63) is 18.2 Å². The molecule has 0 spiro atoms. The molecule has 0 bridgehead atoms. The number of amides is 2. The second kappa shape index (κ2) is 7.74. The Hall–Kier alpha value is -2.28. The summed E-state index contributed by atoms with van der Waals surface area (Å²) in [6, 6.07) is 5.28. The van der Waals surface area contributed by atoms with E-state index >= 15 is 0 Å². The molecule has 0 aliphatic carbocycles. The summed E-state index contributed by atoms with van der Waals surface area (Å²) < 4.78 is 16.1. The van der Waals surface area contributed by atoms with Crippen LogP contribution in [0.4, 0.5) is 5.69 Å². The van der Waals surface area contributed by atoms with Crippen LogP contribution >= 0.6 is 0 Å². The van der Waals surface area contributed by atoms with Gasteiger partial charge < -0.3 is 24.4 Å². The number of benzene rings is 1. The average Bonchev–Trinajstić information content (AvgIpc) is 3.28.